The van der Waals surface area contributed by atoms with Gasteiger partial charge in [0.1, 0.15) is 40.5 Å². The monoisotopic (exact) mass is 824 g/mol. The molecule has 4 aromatic carbocycles. The summed E-state index contributed by atoms with van der Waals surface area (Å²) in [6.07, 6.45) is 0. The van der Waals surface area contributed by atoms with E-state index in [1.54, 1.807) is 48.5 Å². The van der Waals surface area contributed by atoms with E-state index in [0.29, 0.717) is 0 Å². The van der Waals surface area contributed by atoms with E-state index in [-0.39, 0.29) is 61.3 Å². The van der Waals surface area contributed by atoms with Crippen LogP contribution in [0.15, 0.2) is 117 Å². The third-order valence-electron chi connectivity index (χ3n) is 5.24. The summed E-state index contributed by atoms with van der Waals surface area (Å²) in [7, 11) is -17.1. The molecule has 240 valence electrons. The molecule has 0 unspecified atom stereocenters. The quantitative estimate of drug-likeness (QED) is 0.269. The van der Waals surface area contributed by atoms with E-state index in [1.165, 1.54) is 48.5 Å². The second kappa shape index (κ2) is 18.3. The third-order valence-corrected chi connectivity index (χ3v) is 8.64. The summed E-state index contributed by atoms with van der Waals surface area (Å²) in [6, 6.07) is 23.1. The molecule has 0 heterocycles. The Morgan fingerprint density at radius 3 is 0.511 bits per heavy atom. The second-order valence-electron chi connectivity index (χ2n) is 9.07. The topological polar surface area (TPSA) is 229 Å². The smallest absolute Gasteiger partial charge is 0.744 e. The van der Waals surface area contributed by atoms with E-state index in [1.807, 2.05) is 27.7 Å². The van der Waals surface area contributed by atoms with Crippen molar-refractivity contribution in [1.82, 2.24) is 0 Å². The van der Waals surface area contributed by atoms with Gasteiger partial charge in [0.05, 0.1) is 19.6 Å². The van der Waals surface area contributed by atoms with Crippen LogP contribution in [0.3, 0.4) is 0 Å². The molecule has 45 heavy (non-hydrogen) atoms. The summed E-state index contributed by atoms with van der Waals surface area (Å²) in [6.45, 7) is 7.28. The fraction of sp³-hybridized carbons (Fsp3) is 0.143. The van der Waals surface area contributed by atoms with Gasteiger partial charge in [0.2, 0.25) is 0 Å². The number of rotatable bonds is 4. The molecule has 0 bridgehead atoms. The van der Waals surface area contributed by atoms with Gasteiger partial charge >= 0.3 is 41.7 Å². The standard InChI is InChI=1S/4C7H8O3S.Ce/c4*1-6-2-4-7(5-3-6)11(8,9)10;/h4*2-5H,1H3,(H,8,9,10);/q;;;;+4/p-4. The van der Waals surface area contributed by atoms with Crippen LogP contribution in [0.25, 0.3) is 0 Å². The van der Waals surface area contributed by atoms with Gasteiger partial charge in [-0.1, -0.05) is 70.8 Å². The molecule has 4 aromatic rings. The first-order valence-corrected chi connectivity index (χ1v) is 17.7. The summed E-state index contributed by atoms with van der Waals surface area (Å²) >= 11 is 0. The van der Waals surface area contributed by atoms with Crippen molar-refractivity contribution in [3.63, 3.8) is 0 Å². The molecule has 0 N–H and O–H groups in total. The molecule has 17 heteroatoms. The van der Waals surface area contributed by atoms with Crippen LogP contribution >= 0.6 is 0 Å². The Hall–Kier alpha value is -2.10. The van der Waals surface area contributed by atoms with Crippen molar-refractivity contribution >= 4 is 40.5 Å². The number of hydrogen-bond acceptors (Lipinski definition) is 12. The number of benzene rings is 4. The van der Waals surface area contributed by atoms with Gasteiger partial charge in [-0.15, -0.1) is 0 Å². The minimum atomic E-state index is -4.27. The Balaban J connectivity index is 0.000000569. The van der Waals surface area contributed by atoms with E-state index in [9.17, 15) is 51.9 Å². The molecular formula is C28H28CeO12S4. The molecule has 0 radical (unpaired) electrons. The molecule has 0 amide bonds. The van der Waals surface area contributed by atoms with Gasteiger partial charge in [-0.2, -0.15) is 0 Å². The van der Waals surface area contributed by atoms with Gasteiger partial charge in [0.25, 0.3) is 0 Å². The van der Waals surface area contributed by atoms with Crippen molar-refractivity contribution in [2.75, 3.05) is 0 Å². The average molecular weight is 825 g/mol. The van der Waals surface area contributed by atoms with Crippen molar-refractivity contribution in [3.05, 3.63) is 119 Å². The predicted molar refractivity (Wildman–Crippen MR) is 157 cm³/mol. The van der Waals surface area contributed by atoms with Gasteiger partial charge in [-0.3, -0.25) is 0 Å². The van der Waals surface area contributed by atoms with E-state index in [2.05, 4.69) is 0 Å². The van der Waals surface area contributed by atoms with Crippen LogP contribution in [0.2, 0.25) is 0 Å². The minimum absolute atomic E-state index is 0. The molecule has 0 saturated heterocycles. The normalized spacial score (nSPS) is 11.2. The molecule has 12 nitrogen and oxygen atoms in total. The van der Waals surface area contributed by atoms with Crippen molar-refractivity contribution in [1.29, 1.82) is 0 Å². The zero-order chi connectivity index (χ0) is 33.9. The Bertz CT molecular complexity index is 1650. The van der Waals surface area contributed by atoms with Crippen molar-refractivity contribution in [2.45, 2.75) is 47.3 Å². The van der Waals surface area contributed by atoms with Crippen LogP contribution < -0.4 is 0 Å². The maximum absolute atomic E-state index is 10.4. The first kappa shape index (κ1) is 42.9. The van der Waals surface area contributed by atoms with Gasteiger partial charge in [-0.05, 0) is 76.2 Å². The molecule has 0 aliphatic heterocycles. The molecule has 0 fully saturated rings. The first-order valence-electron chi connectivity index (χ1n) is 12.1. The minimum Gasteiger partial charge on any atom is -0.744 e. The fourth-order valence-corrected chi connectivity index (χ4v) is 4.70. The molecule has 0 aliphatic rings. The van der Waals surface area contributed by atoms with Crippen LogP contribution in [0.5, 0.6) is 0 Å². The summed E-state index contributed by atoms with van der Waals surface area (Å²) < 4.78 is 125. The Morgan fingerprint density at radius 1 is 0.311 bits per heavy atom. The molecule has 4 rings (SSSR count). The van der Waals surface area contributed by atoms with E-state index < -0.39 is 40.5 Å². The van der Waals surface area contributed by atoms with Crippen LogP contribution in [0, 0.1) is 69.4 Å². The van der Waals surface area contributed by atoms with Crippen molar-refractivity contribution in [2.24, 2.45) is 0 Å². The van der Waals surface area contributed by atoms with Crippen LogP contribution in [0.4, 0.5) is 0 Å². The Labute approximate surface area is 297 Å². The summed E-state index contributed by atoms with van der Waals surface area (Å²) in [4.78, 5) is -0.711. The number of aryl methyl sites for hydroxylation is 4. The zero-order valence-electron chi connectivity index (χ0n) is 24.3. The predicted octanol–water partition coefficient (Wildman–Crippen LogP) is 3.60. The molecule has 0 aliphatic carbocycles. The maximum Gasteiger partial charge on any atom is 4.00 e. The van der Waals surface area contributed by atoms with Gasteiger partial charge in [0.15, 0.2) is 0 Å². The molecule has 0 spiro atoms. The van der Waals surface area contributed by atoms with Gasteiger partial charge in [-0.25, -0.2) is 33.7 Å². The maximum atomic E-state index is 10.4. The number of hydrogen-bond donors (Lipinski definition) is 0. The molecular weight excluding hydrogens is 797 g/mol. The van der Waals surface area contributed by atoms with Crippen molar-refractivity contribution < 1.29 is 93.6 Å². The average Bonchev–Trinajstić information content (AvgIpc) is 2.89. The fourth-order valence-electron chi connectivity index (χ4n) is 2.82. The van der Waals surface area contributed by atoms with Crippen LogP contribution in [0.1, 0.15) is 22.3 Å². The summed E-state index contributed by atoms with van der Waals surface area (Å²) in [5, 5.41) is 0. The Morgan fingerprint density at radius 2 is 0.422 bits per heavy atom. The zero-order valence-corrected chi connectivity index (χ0v) is 30.7. The summed E-state index contributed by atoms with van der Waals surface area (Å²) in [5.74, 6) is 0. The molecule has 0 aromatic heterocycles. The van der Waals surface area contributed by atoms with E-state index in [4.69, 9.17) is 0 Å². The van der Waals surface area contributed by atoms with Crippen molar-refractivity contribution in [3.8, 4) is 0 Å². The van der Waals surface area contributed by atoms with Crippen LogP contribution in [-0.2, 0) is 40.5 Å². The van der Waals surface area contributed by atoms with E-state index in [0.717, 1.165) is 22.3 Å². The van der Waals surface area contributed by atoms with Gasteiger partial charge < -0.3 is 18.2 Å². The Kier molecular flexibility index (Phi) is 17.4. The van der Waals surface area contributed by atoms with Crippen LogP contribution in [-0.4, -0.2) is 51.9 Å². The van der Waals surface area contributed by atoms with Gasteiger partial charge in [0, 0.05) is 0 Å². The largest absolute Gasteiger partial charge is 4.00 e. The first-order chi connectivity index (χ1) is 20.0. The second-order valence-corrected chi connectivity index (χ2v) is 14.6. The SMILES string of the molecule is Cc1ccc(S(=O)(=O)[O-])cc1.Cc1ccc(S(=O)(=O)[O-])cc1.Cc1ccc(S(=O)(=O)[O-])cc1.Cc1ccc(S(=O)(=O)[O-])cc1.[Ce+4]. The van der Waals surface area contributed by atoms with E-state index >= 15 is 0 Å². The molecule has 0 saturated carbocycles. The third kappa shape index (κ3) is 17.4. The molecule has 0 atom stereocenters. The summed E-state index contributed by atoms with van der Waals surface area (Å²) in [5.41, 5.74) is 3.71.